The molecule has 1 atom stereocenters. The van der Waals surface area contributed by atoms with E-state index in [1.54, 1.807) is 0 Å². The number of aromatic nitrogens is 2. The molecule has 1 aromatic heterocycles. The molecule has 0 spiro atoms. The molecule has 1 N–H and O–H groups in total. The molecule has 2 aromatic rings. The van der Waals surface area contributed by atoms with Gasteiger partial charge < -0.3 is 5.11 Å². The summed E-state index contributed by atoms with van der Waals surface area (Å²) < 4.78 is 3.21. The highest BCUT2D eigenvalue weighted by molar-refractivity contribution is 9.10. The minimum atomic E-state index is -0.381. The smallest absolute Gasteiger partial charge is 0.0790 e. The fourth-order valence-electron chi connectivity index (χ4n) is 2.56. The molecule has 114 valence electrons. The fraction of sp³-hybridized carbons (Fsp3) is 0.471. The summed E-state index contributed by atoms with van der Waals surface area (Å²) in [6.07, 6.45) is 3.21. The third kappa shape index (κ3) is 3.95. The van der Waals surface area contributed by atoms with Gasteiger partial charge in [-0.1, -0.05) is 37.3 Å². The summed E-state index contributed by atoms with van der Waals surface area (Å²) in [6.45, 7) is 5.12. The number of benzene rings is 1. The predicted octanol–water partition coefficient (Wildman–Crippen LogP) is 4.28. The maximum Gasteiger partial charge on any atom is 0.0790 e. The van der Waals surface area contributed by atoms with E-state index >= 15 is 0 Å². The maximum absolute atomic E-state index is 10.2. The van der Waals surface area contributed by atoms with Crippen LogP contribution in [-0.2, 0) is 19.4 Å². The van der Waals surface area contributed by atoms with Crippen LogP contribution in [0.4, 0.5) is 0 Å². The van der Waals surface area contributed by atoms with Gasteiger partial charge in [0.25, 0.3) is 0 Å². The van der Waals surface area contributed by atoms with Crippen LogP contribution < -0.4 is 0 Å². The second kappa shape index (κ2) is 7.76. The van der Waals surface area contributed by atoms with Gasteiger partial charge >= 0.3 is 0 Å². The Hall–Kier alpha value is -1.13. The van der Waals surface area contributed by atoms with Crippen molar-refractivity contribution in [2.24, 2.45) is 0 Å². The molecule has 3 nitrogen and oxygen atoms in total. The van der Waals surface area contributed by atoms with Crippen molar-refractivity contribution >= 4 is 15.9 Å². The highest BCUT2D eigenvalue weighted by Crippen LogP contribution is 2.25. The van der Waals surface area contributed by atoms with E-state index in [-0.39, 0.29) is 6.10 Å². The normalized spacial score (nSPS) is 12.6. The van der Waals surface area contributed by atoms with E-state index in [0.717, 1.165) is 48.0 Å². The summed E-state index contributed by atoms with van der Waals surface area (Å²) in [6, 6.07) is 9.86. The van der Waals surface area contributed by atoms with Gasteiger partial charge in [0.1, 0.15) is 0 Å². The molecule has 2 rings (SSSR count). The molecule has 4 heteroatoms. The van der Waals surface area contributed by atoms with Gasteiger partial charge in [-0.05, 0) is 54.1 Å². The Kier molecular flexibility index (Phi) is 6.00. The third-order valence-corrected chi connectivity index (χ3v) is 4.69. The molecule has 0 aliphatic heterocycles. The Morgan fingerprint density at radius 3 is 2.57 bits per heavy atom. The highest BCUT2D eigenvalue weighted by atomic mass is 79.9. The number of aliphatic hydroxyl groups excluding tert-OH is 1. The van der Waals surface area contributed by atoms with Crippen LogP contribution in [0.3, 0.4) is 0 Å². The number of aliphatic hydroxyl groups is 1. The number of halogens is 1. The lowest BCUT2D eigenvalue weighted by Gasteiger charge is -2.11. The molecular formula is C17H23BrN2O. The van der Waals surface area contributed by atoms with Gasteiger partial charge in [0.15, 0.2) is 0 Å². The van der Waals surface area contributed by atoms with Gasteiger partial charge in [-0.3, -0.25) is 4.68 Å². The third-order valence-electron chi connectivity index (χ3n) is 3.77. The zero-order chi connectivity index (χ0) is 15.2. The number of rotatable bonds is 7. The summed E-state index contributed by atoms with van der Waals surface area (Å²) in [7, 11) is 0. The number of hydrogen-bond acceptors (Lipinski definition) is 2. The molecule has 0 amide bonds. The average molecular weight is 351 g/mol. The lowest BCUT2D eigenvalue weighted by Crippen LogP contribution is -2.04. The molecule has 0 fully saturated rings. The monoisotopic (exact) mass is 350 g/mol. The van der Waals surface area contributed by atoms with Crippen LogP contribution in [0.1, 0.15) is 49.7 Å². The van der Waals surface area contributed by atoms with Gasteiger partial charge in [0.05, 0.1) is 22.0 Å². The number of nitrogens with zero attached hydrogens (tertiary/aromatic N) is 2. The maximum atomic E-state index is 10.2. The summed E-state index contributed by atoms with van der Waals surface area (Å²) in [5, 5.41) is 14.8. The Morgan fingerprint density at radius 1 is 1.24 bits per heavy atom. The van der Waals surface area contributed by atoms with E-state index in [4.69, 9.17) is 0 Å². The first kappa shape index (κ1) is 16.2. The molecule has 0 aliphatic carbocycles. The first-order valence-electron chi connectivity index (χ1n) is 7.64. The SMILES string of the molecule is CCc1nn(CC)c(CCCC(O)c2ccccc2)c1Br. The zero-order valence-electron chi connectivity index (χ0n) is 12.7. The Balaban J connectivity index is 1.96. The lowest BCUT2D eigenvalue weighted by molar-refractivity contribution is 0.164. The van der Waals surface area contributed by atoms with Crippen LogP contribution in [0.2, 0.25) is 0 Å². The van der Waals surface area contributed by atoms with Crippen LogP contribution >= 0.6 is 15.9 Å². The molecule has 0 saturated heterocycles. The van der Waals surface area contributed by atoms with E-state index in [0.29, 0.717) is 0 Å². The summed E-state index contributed by atoms with van der Waals surface area (Å²) in [5.41, 5.74) is 3.36. The molecule has 0 saturated carbocycles. The van der Waals surface area contributed by atoms with Crippen LogP contribution in [-0.4, -0.2) is 14.9 Å². The van der Waals surface area contributed by atoms with Crippen molar-refractivity contribution < 1.29 is 5.11 Å². The van der Waals surface area contributed by atoms with Crippen molar-refractivity contribution in [1.29, 1.82) is 0 Å². The number of hydrogen-bond donors (Lipinski definition) is 1. The quantitative estimate of drug-likeness (QED) is 0.808. The summed E-state index contributed by atoms with van der Waals surface area (Å²) >= 11 is 3.67. The topological polar surface area (TPSA) is 38.0 Å². The Labute approximate surface area is 135 Å². The minimum Gasteiger partial charge on any atom is -0.388 e. The molecule has 0 radical (unpaired) electrons. The Bertz CT molecular complexity index is 566. The van der Waals surface area contributed by atoms with Gasteiger partial charge in [-0.15, -0.1) is 0 Å². The van der Waals surface area contributed by atoms with Crippen molar-refractivity contribution in [1.82, 2.24) is 9.78 Å². The summed E-state index contributed by atoms with van der Waals surface area (Å²) in [4.78, 5) is 0. The van der Waals surface area contributed by atoms with Crippen molar-refractivity contribution in [3.05, 3.63) is 51.8 Å². The van der Waals surface area contributed by atoms with Gasteiger partial charge in [-0.2, -0.15) is 5.10 Å². The number of aryl methyl sites for hydroxylation is 2. The largest absolute Gasteiger partial charge is 0.388 e. The predicted molar refractivity (Wildman–Crippen MR) is 89.3 cm³/mol. The van der Waals surface area contributed by atoms with E-state index < -0.39 is 0 Å². The van der Waals surface area contributed by atoms with Crippen molar-refractivity contribution in [2.75, 3.05) is 0 Å². The second-order valence-corrected chi connectivity index (χ2v) is 5.99. The molecule has 1 heterocycles. The van der Waals surface area contributed by atoms with Gasteiger partial charge in [0.2, 0.25) is 0 Å². The second-order valence-electron chi connectivity index (χ2n) is 5.20. The van der Waals surface area contributed by atoms with Crippen molar-refractivity contribution in [3.63, 3.8) is 0 Å². The molecule has 0 bridgehead atoms. The zero-order valence-corrected chi connectivity index (χ0v) is 14.3. The standard InChI is InChI=1S/C17H23BrN2O/c1-3-14-17(18)15(20(4-2)19-14)11-8-12-16(21)13-9-6-5-7-10-13/h5-7,9-10,16,21H,3-4,8,11-12H2,1-2H3. The minimum absolute atomic E-state index is 0.381. The molecular weight excluding hydrogens is 328 g/mol. The molecule has 0 aliphatic rings. The van der Waals surface area contributed by atoms with E-state index in [1.807, 2.05) is 30.3 Å². The first-order valence-corrected chi connectivity index (χ1v) is 8.43. The van der Waals surface area contributed by atoms with Crippen LogP contribution in [0, 0.1) is 0 Å². The van der Waals surface area contributed by atoms with Gasteiger partial charge in [0, 0.05) is 6.54 Å². The average Bonchev–Trinajstić information content (AvgIpc) is 2.84. The molecule has 21 heavy (non-hydrogen) atoms. The summed E-state index contributed by atoms with van der Waals surface area (Å²) in [5.74, 6) is 0. The van der Waals surface area contributed by atoms with E-state index in [2.05, 4.69) is 39.6 Å². The van der Waals surface area contributed by atoms with Gasteiger partial charge in [-0.25, -0.2) is 0 Å². The van der Waals surface area contributed by atoms with Crippen LogP contribution in [0.5, 0.6) is 0 Å². The molecule has 1 unspecified atom stereocenters. The van der Waals surface area contributed by atoms with Crippen molar-refractivity contribution in [2.45, 2.75) is 52.2 Å². The van der Waals surface area contributed by atoms with Crippen LogP contribution in [0.15, 0.2) is 34.8 Å². The first-order chi connectivity index (χ1) is 10.2. The highest BCUT2D eigenvalue weighted by Gasteiger charge is 2.14. The molecule has 1 aromatic carbocycles. The fourth-order valence-corrected chi connectivity index (χ4v) is 3.32. The Morgan fingerprint density at radius 2 is 1.95 bits per heavy atom. The lowest BCUT2D eigenvalue weighted by atomic mass is 10.0. The van der Waals surface area contributed by atoms with Crippen molar-refractivity contribution in [3.8, 4) is 0 Å². The van der Waals surface area contributed by atoms with E-state index in [9.17, 15) is 5.11 Å². The van der Waals surface area contributed by atoms with Crippen LogP contribution in [0.25, 0.3) is 0 Å². The van der Waals surface area contributed by atoms with E-state index in [1.165, 1.54) is 5.69 Å².